The summed E-state index contributed by atoms with van der Waals surface area (Å²) in [4.78, 5) is 21.9. The summed E-state index contributed by atoms with van der Waals surface area (Å²) in [5.74, 6) is -0.283. The molecule has 1 amide bonds. The van der Waals surface area contributed by atoms with Crippen molar-refractivity contribution in [2.75, 3.05) is 32.7 Å². The smallest absolute Gasteiger partial charge is 0.260 e. The van der Waals surface area contributed by atoms with Gasteiger partial charge in [0.2, 0.25) is 0 Å². The van der Waals surface area contributed by atoms with Gasteiger partial charge in [-0.05, 0) is 25.0 Å². The largest absolute Gasteiger partial charge is 0.350 e. The quantitative estimate of drug-likeness (QED) is 0.575. The molecule has 1 saturated carbocycles. The molecule has 8 nitrogen and oxygen atoms in total. The molecule has 4 rings (SSSR count). The molecule has 0 bridgehead atoms. The van der Waals surface area contributed by atoms with Gasteiger partial charge in [-0.1, -0.05) is 55.0 Å². The molecule has 0 unspecified atom stereocenters. The molecule has 2 N–H and O–H groups in total. The van der Waals surface area contributed by atoms with Gasteiger partial charge in [0.1, 0.15) is 0 Å². The van der Waals surface area contributed by atoms with E-state index < -0.39 is 10.0 Å². The Morgan fingerprint density at radius 2 is 1.70 bits per heavy atom. The average Bonchev–Trinajstić information content (AvgIpc) is 3.25. The van der Waals surface area contributed by atoms with Crippen LogP contribution in [-0.2, 0) is 10.0 Å². The number of aromatic amines is 1. The first-order chi connectivity index (χ1) is 15.8. The molecule has 2 aromatic rings. The fourth-order valence-corrected chi connectivity index (χ4v) is 6.85. The second-order valence-electron chi connectivity index (χ2n) is 8.72. The molecule has 33 heavy (non-hydrogen) atoms. The van der Waals surface area contributed by atoms with Gasteiger partial charge in [-0.25, -0.2) is 13.4 Å². The highest BCUT2D eigenvalue weighted by molar-refractivity contribution is 7.89. The zero-order valence-electron chi connectivity index (χ0n) is 18.4. The number of carbonyl (C=O) groups is 1. The summed E-state index contributed by atoms with van der Waals surface area (Å²) in [6.45, 7) is 2.48. The number of H-pyrrole nitrogens is 1. The van der Waals surface area contributed by atoms with E-state index in [1.165, 1.54) is 29.7 Å². The summed E-state index contributed by atoms with van der Waals surface area (Å²) in [6, 6.07) is 5.03. The van der Waals surface area contributed by atoms with Gasteiger partial charge in [0, 0.05) is 38.3 Å². The zero-order valence-corrected chi connectivity index (χ0v) is 20.7. The molecule has 1 saturated heterocycles. The summed E-state index contributed by atoms with van der Waals surface area (Å²) >= 11 is 12.5. The van der Waals surface area contributed by atoms with Gasteiger partial charge >= 0.3 is 0 Å². The van der Waals surface area contributed by atoms with E-state index in [0.717, 1.165) is 25.7 Å². The lowest BCUT2D eigenvalue weighted by molar-refractivity contribution is 0.0391. The number of benzene rings is 1. The van der Waals surface area contributed by atoms with Crippen LogP contribution in [0.4, 0.5) is 0 Å². The number of sulfonamides is 1. The predicted molar refractivity (Wildman–Crippen MR) is 128 cm³/mol. The molecular formula is C22H29Cl2N5O3S. The number of nitrogens with zero attached hydrogens (tertiary/aromatic N) is 3. The highest BCUT2D eigenvalue weighted by Gasteiger charge is 2.41. The maximum atomic E-state index is 13.0. The van der Waals surface area contributed by atoms with E-state index in [1.54, 1.807) is 18.2 Å². The number of hydrogen-bond acceptors (Lipinski definition) is 5. The van der Waals surface area contributed by atoms with Gasteiger partial charge < -0.3 is 10.3 Å². The van der Waals surface area contributed by atoms with E-state index in [4.69, 9.17) is 23.2 Å². The number of hydrogen-bond donors (Lipinski definition) is 2. The van der Waals surface area contributed by atoms with Crippen molar-refractivity contribution in [3.05, 3.63) is 46.3 Å². The Morgan fingerprint density at radius 1 is 1.06 bits per heavy atom. The predicted octanol–water partition coefficient (Wildman–Crippen LogP) is 3.55. The van der Waals surface area contributed by atoms with Gasteiger partial charge in [-0.2, -0.15) is 4.31 Å². The third-order valence-corrected chi connectivity index (χ3v) is 9.26. The molecule has 1 aliphatic carbocycles. The molecule has 2 aliphatic rings. The Morgan fingerprint density at radius 3 is 2.27 bits per heavy atom. The van der Waals surface area contributed by atoms with Crippen LogP contribution in [0.5, 0.6) is 0 Å². The zero-order chi connectivity index (χ0) is 23.5. The van der Waals surface area contributed by atoms with Crippen molar-refractivity contribution in [2.45, 2.75) is 49.1 Å². The van der Waals surface area contributed by atoms with Crippen LogP contribution >= 0.6 is 23.2 Å². The van der Waals surface area contributed by atoms with Crippen LogP contribution in [-0.4, -0.2) is 71.8 Å². The van der Waals surface area contributed by atoms with Crippen molar-refractivity contribution in [2.24, 2.45) is 0 Å². The fraction of sp³-hybridized carbons (Fsp3) is 0.545. The van der Waals surface area contributed by atoms with E-state index in [-0.39, 0.29) is 16.5 Å². The second-order valence-corrected chi connectivity index (χ2v) is 11.4. The van der Waals surface area contributed by atoms with Gasteiger partial charge in [0.25, 0.3) is 15.9 Å². The lowest BCUT2D eigenvalue weighted by atomic mass is 9.87. The molecule has 11 heteroatoms. The summed E-state index contributed by atoms with van der Waals surface area (Å²) < 4.78 is 27.2. The highest BCUT2D eigenvalue weighted by atomic mass is 35.5. The summed E-state index contributed by atoms with van der Waals surface area (Å²) in [6.07, 6.45) is 9.11. The Hall–Kier alpha value is -1.65. The third-order valence-electron chi connectivity index (χ3n) is 6.80. The lowest BCUT2D eigenvalue weighted by Crippen LogP contribution is -2.61. The van der Waals surface area contributed by atoms with Crippen LogP contribution in [0, 0.1) is 0 Å². The second kappa shape index (κ2) is 10.3. The molecule has 2 heterocycles. The maximum absolute atomic E-state index is 13.0. The van der Waals surface area contributed by atoms with Crippen molar-refractivity contribution in [3.8, 4) is 0 Å². The topological polar surface area (TPSA) is 98.4 Å². The van der Waals surface area contributed by atoms with Gasteiger partial charge in [-0.3, -0.25) is 9.69 Å². The van der Waals surface area contributed by atoms with Crippen molar-refractivity contribution >= 4 is 39.1 Å². The molecule has 1 aromatic carbocycles. The Kier molecular flexibility index (Phi) is 7.65. The molecule has 0 radical (unpaired) electrons. The number of halogens is 2. The molecule has 0 spiro atoms. The van der Waals surface area contributed by atoms with Crippen LogP contribution in [0.15, 0.2) is 35.7 Å². The van der Waals surface area contributed by atoms with E-state index >= 15 is 0 Å². The van der Waals surface area contributed by atoms with E-state index in [1.807, 2.05) is 0 Å². The van der Waals surface area contributed by atoms with Crippen molar-refractivity contribution < 1.29 is 13.2 Å². The minimum absolute atomic E-state index is 0.115. The summed E-state index contributed by atoms with van der Waals surface area (Å²) in [5.41, 5.74) is 0.0732. The van der Waals surface area contributed by atoms with Gasteiger partial charge in [0.05, 0.1) is 28.1 Å². The number of aromatic nitrogens is 2. The van der Waals surface area contributed by atoms with Gasteiger partial charge in [-0.15, -0.1) is 0 Å². The lowest BCUT2D eigenvalue weighted by Gasteiger charge is -2.47. The van der Waals surface area contributed by atoms with Crippen LogP contribution in [0.1, 0.15) is 48.9 Å². The minimum Gasteiger partial charge on any atom is -0.350 e. The first-order valence-electron chi connectivity index (χ1n) is 11.3. The normalized spacial score (nSPS) is 20.3. The Bertz CT molecular complexity index is 1040. The van der Waals surface area contributed by atoms with Gasteiger partial charge in [0.15, 0.2) is 5.03 Å². The molecular weight excluding hydrogens is 485 g/mol. The molecule has 1 aromatic heterocycles. The number of rotatable bonds is 6. The van der Waals surface area contributed by atoms with Crippen LogP contribution in [0.25, 0.3) is 0 Å². The summed E-state index contributed by atoms with van der Waals surface area (Å²) in [7, 11) is -3.58. The van der Waals surface area contributed by atoms with Crippen LogP contribution in [0.2, 0.25) is 10.0 Å². The van der Waals surface area contributed by atoms with Crippen LogP contribution in [0.3, 0.4) is 0 Å². The van der Waals surface area contributed by atoms with Crippen LogP contribution < -0.4 is 5.32 Å². The van der Waals surface area contributed by atoms with E-state index in [0.29, 0.717) is 48.3 Å². The molecule has 1 aliphatic heterocycles. The number of piperazine rings is 1. The SMILES string of the molecule is O=C(NCC1(N2CCN(S(=O)(=O)c3cnc[nH]3)CC2)CCCCCC1)c1c(Cl)cccc1Cl. The number of nitrogens with one attached hydrogen (secondary N) is 2. The maximum Gasteiger partial charge on any atom is 0.260 e. The standard InChI is InChI=1S/C22H29Cl2N5O3S/c23-17-6-5-7-18(24)20(17)21(30)26-15-22(8-3-1-2-4-9-22)28-10-12-29(13-11-28)33(31,32)19-14-25-16-27-19/h5-7,14,16H,1-4,8-13,15H2,(H,25,27)(H,26,30). The van der Waals surface area contributed by atoms with Crippen molar-refractivity contribution in [3.63, 3.8) is 0 Å². The molecule has 0 atom stereocenters. The van der Waals surface area contributed by atoms with Crippen molar-refractivity contribution in [1.29, 1.82) is 0 Å². The Balaban J connectivity index is 1.48. The van der Waals surface area contributed by atoms with Crippen molar-refractivity contribution in [1.82, 2.24) is 24.5 Å². The molecule has 2 fully saturated rings. The monoisotopic (exact) mass is 513 g/mol. The number of amides is 1. The highest BCUT2D eigenvalue weighted by Crippen LogP contribution is 2.34. The molecule has 180 valence electrons. The minimum atomic E-state index is -3.58. The average molecular weight is 514 g/mol. The Labute approximate surface area is 204 Å². The third kappa shape index (κ3) is 5.22. The number of carbonyl (C=O) groups excluding carboxylic acids is 1. The van der Waals surface area contributed by atoms with E-state index in [9.17, 15) is 13.2 Å². The van der Waals surface area contributed by atoms with E-state index in [2.05, 4.69) is 20.2 Å². The summed E-state index contributed by atoms with van der Waals surface area (Å²) in [5, 5.41) is 3.85. The first kappa shape index (κ1) is 24.5. The number of imidazole rings is 1. The fourth-order valence-electron chi connectivity index (χ4n) is 4.97. The first-order valence-corrected chi connectivity index (χ1v) is 13.5.